The second-order valence-electron chi connectivity index (χ2n) is 6.96. The fourth-order valence-corrected chi connectivity index (χ4v) is 4.52. The molecule has 0 saturated heterocycles. The molecule has 4 aromatic rings. The first-order valence-electron chi connectivity index (χ1n) is 9.33. The van der Waals surface area contributed by atoms with Crippen molar-refractivity contribution in [3.63, 3.8) is 0 Å². The number of carbonyl (C=O) groups excluding carboxylic acids is 2. The van der Waals surface area contributed by atoms with E-state index in [0.29, 0.717) is 16.7 Å². The van der Waals surface area contributed by atoms with Gasteiger partial charge in [0.1, 0.15) is 11.6 Å². The summed E-state index contributed by atoms with van der Waals surface area (Å²) in [4.78, 5) is 28.1. The van der Waals surface area contributed by atoms with E-state index in [1.807, 2.05) is 42.5 Å². The molecule has 2 aromatic carbocycles. The van der Waals surface area contributed by atoms with Crippen LogP contribution in [0.4, 0.5) is 5.82 Å². The highest BCUT2D eigenvalue weighted by atomic mass is 32.1. The van der Waals surface area contributed by atoms with Gasteiger partial charge in [-0.3, -0.25) is 9.59 Å². The van der Waals surface area contributed by atoms with Crippen LogP contribution in [0.5, 0.6) is 5.75 Å². The monoisotopic (exact) mass is 419 g/mol. The largest absolute Gasteiger partial charge is 0.484 e. The molecule has 8 nitrogen and oxygen atoms in total. The first-order valence-corrected chi connectivity index (χ1v) is 10.1. The Balaban J connectivity index is 1.53. The number of ether oxygens (including phenoxy) is 1. The molecule has 1 aliphatic rings. The van der Waals surface area contributed by atoms with E-state index in [-0.39, 0.29) is 24.9 Å². The Hall–Kier alpha value is -3.72. The predicted octanol–water partition coefficient (Wildman–Crippen LogP) is 2.82. The van der Waals surface area contributed by atoms with Crippen molar-refractivity contribution in [3.8, 4) is 10.9 Å². The number of hydrogen-bond donors (Lipinski definition) is 2. The maximum Gasteiger partial charge on any atom is 0.255 e. The van der Waals surface area contributed by atoms with Crippen molar-refractivity contribution in [3.05, 3.63) is 65.9 Å². The van der Waals surface area contributed by atoms with Gasteiger partial charge in [0.15, 0.2) is 6.61 Å². The van der Waals surface area contributed by atoms with Crippen LogP contribution in [0.15, 0.2) is 54.7 Å². The molecule has 0 bridgehead atoms. The van der Waals surface area contributed by atoms with E-state index in [1.165, 1.54) is 11.3 Å². The molecule has 0 saturated carbocycles. The second kappa shape index (κ2) is 7.27. The summed E-state index contributed by atoms with van der Waals surface area (Å²) in [5.41, 5.74) is 7.85. The summed E-state index contributed by atoms with van der Waals surface area (Å²) >= 11 is 1.51. The minimum absolute atomic E-state index is 0.0983. The van der Waals surface area contributed by atoms with E-state index in [2.05, 4.69) is 15.4 Å². The van der Waals surface area contributed by atoms with Gasteiger partial charge in [-0.2, -0.15) is 9.78 Å². The van der Waals surface area contributed by atoms with Gasteiger partial charge in [0.05, 0.1) is 16.4 Å². The summed E-state index contributed by atoms with van der Waals surface area (Å²) < 4.78 is 8.15. The van der Waals surface area contributed by atoms with Gasteiger partial charge in [0, 0.05) is 17.9 Å². The van der Waals surface area contributed by atoms with Crippen LogP contribution in [0, 0.1) is 0 Å². The van der Waals surface area contributed by atoms with Crippen molar-refractivity contribution in [1.29, 1.82) is 0 Å². The number of hydrogen-bond acceptors (Lipinski definition) is 6. The number of aromatic nitrogens is 3. The Morgan fingerprint density at radius 1 is 1.27 bits per heavy atom. The van der Waals surface area contributed by atoms with Crippen molar-refractivity contribution in [2.24, 2.45) is 5.73 Å². The van der Waals surface area contributed by atoms with Crippen molar-refractivity contribution in [2.75, 3.05) is 11.9 Å². The third-order valence-corrected chi connectivity index (χ3v) is 5.94. The average Bonchev–Trinajstić information content (AvgIpc) is 3.35. The lowest BCUT2D eigenvalue weighted by Crippen LogP contribution is -2.24. The summed E-state index contributed by atoms with van der Waals surface area (Å²) in [7, 11) is 0. The molecule has 1 atom stereocenters. The smallest absolute Gasteiger partial charge is 0.255 e. The van der Waals surface area contributed by atoms with Gasteiger partial charge in [-0.1, -0.05) is 35.6 Å². The molecule has 2 aromatic heterocycles. The van der Waals surface area contributed by atoms with Gasteiger partial charge in [-0.15, -0.1) is 0 Å². The molecule has 1 aliphatic heterocycles. The van der Waals surface area contributed by atoms with Gasteiger partial charge in [0.25, 0.3) is 5.91 Å². The normalized spacial score (nSPS) is 15.6. The molecule has 1 unspecified atom stereocenters. The molecular weight excluding hydrogens is 402 g/mol. The fourth-order valence-electron chi connectivity index (χ4n) is 3.59. The van der Waals surface area contributed by atoms with Gasteiger partial charge in [-0.05, 0) is 29.8 Å². The second-order valence-corrected chi connectivity index (χ2v) is 7.97. The first kappa shape index (κ1) is 18.3. The minimum atomic E-state index is -0.545. The SMILES string of the molecule is NC(=O)COc1cccc(C2CC(=O)Nc3c2cnn3-c2nc3ccccc3s2)c1. The molecule has 3 N–H and O–H groups in total. The summed E-state index contributed by atoms with van der Waals surface area (Å²) in [6, 6.07) is 15.2. The maximum absolute atomic E-state index is 12.5. The number of nitrogens with zero attached hydrogens (tertiary/aromatic N) is 3. The zero-order valence-electron chi connectivity index (χ0n) is 15.7. The lowest BCUT2D eigenvalue weighted by atomic mass is 9.87. The van der Waals surface area contributed by atoms with Crippen LogP contribution in [-0.4, -0.2) is 33.2 Å². The molecule has 3 heterocycles. The Bertz CT molecular complexity index is 1250. The van der Waals surface area contributed by atoms with Gasteiger partial charge in [-0.25, -0.2) is 4.98 Å². The zero-order chi connectivity index (χ0) is 20.7. The molecule has 0 radical (unpaired) electrons. The van der Waals surface area contributed by atoms with Crippen LogP contribution in [0.2, 0.25) is 0 Å². The summed E-state index contributed by atoms with van der Waals surface area (Å²) in [5.74, 6) is 0.320. The number of para-hydroxylation sites is 1. The first-order chi connectivity index (χ1) is 14.6. The molecule has 0 aliphatic carbocycles. The van der Waals surface area contributed by atoms with E-state index in [9.17, 15) is 9.59 Å². The van der Waals surface area contributed by atoms with Crippen LogP contribution in [0.3, 0.4) is 0 Å². The summed E-state index contributed by atoms with van der Waals surface area (Å²) in [6.07, 6.45) is 2.06. The number of primary amides is 1. The number of nitrogens with two attached hydrogens (primary N) is 1. The number of amides is 2. The lowest BCUT2D eigenvalue weighted by molar-refractivity contribution is -0.120. The zero-order valence-corrected chi connectivity index (χ0v) is 16.6. The minimum Gasteiger partial charge on any atom is -0.484 e. The van der Waals surface area contributed by atoms with Gasteiger partial charge < -0.3 is 15.8 Å². The highest BCUT2D eigenvalue weighted by molar-refractivity contribution is 7.20. The molecule has 9 heteroatoms. The number of benzene rings is 2. The molecule has 30 heavy (non-hydrogen) atoms. The topological polar surface area (TPSA) is 112 Å². The van der Waals surface area contributed by atoms with Crippen LogP contribution in [0.25, 0.3) is 15.3 Å². The molecule has 0 fully saturated rings. The van der Waals surface area contributed by atoms with Crippen LogP contribution >= 0.6 is 11.3 Å². The third-order valence-electron chi connectivity index (χ3n) is 4.93. The van der Waals surface area contributed by atoms with Gasteiger partial charge in [0.2, 0.25) is 11.0 Å². The van der Waals surface area contributed by atoms with Crippen molar-refractivity contribution in [1.82, 2.24) is 14.8 Å². The number of thiazole rings is 1. The Labute approximate surface area is 175 Å². The van der Waals surface area contributed by atoms with Crippen LogP contribution in [-0.2, 0) is 9.59 Å². The molecule has 2 amide bonds. The number of carbonyl (C=O) groups is 2. The lowest BCUT2D eigenvalue weighted by Gasteiger charge is -2.23. The van der Waals surface area contributed by atoms with Crippen molar-refractivity contribution >= 4 is 39.2 Å². The highest BCUT2D eigenvalue weighted by Crippen LogP contribution is 2.39. The van der Waals surface area contributed by atoms with Crippen LogP contribution in [0.1, 0.15) is 23.5 Å². The predicted molar refractivity (Wildman–Crippen MR) is 113 cm³/mol. The van der Waals surface area contributed by atoms with E-state index in [1.54, 1.807) is 16.9 Å². The Morgan fingerprint density at radius 3 is 2.97 bits per heavy atom. The molecule has 150 valence electrons. The van der Waals surface area contributed by atoms with Gasteiger partial charge >= 0.3 is 0 Å². The van der Waals surface area contributed by atoms with E-state index >= 15 is 0 Å². The average molecular weight is 419 g/mol. The number of rotatable bonds is 5. The number of nitrogens with one attached hydrogen (secondary N) is 1. The van der Waals surface area contributed by atoms with E-state index < -0.39 is 5.91 Å². The molecular formula is C21H17N5O3S. The van der Waals surface area contributed by atoms with E-state index in [0.717, 1.165) is 21.3 Å². The number of fused-ring (bicyclic) bond motifs is 2. The fraction of sp³-hybridized carbons (Fsp3) is 0.143. The molecule has 0 spiro atoms. The van der Waals surface area contributed by atoms with Crippen molar-refractivity contribution < 1.29 is 14.3 Å². The third kappa shape index (κ3) is 3.29. The standard InChI is InChI=1S/C21H17N5O3S/c22-18(27)11-29-13-5-3-4-12(8-13)14-9-19(28)25-20-15(14)10-23-26(20)21-24-16-6-1-2-7-17(16)30-21/h1-8,10,14H,9,11H2,(H2,22,27)(H,25,28). The maximum atomic E-state index is 12.5. The van der Waals surface area contributed by atoms with E-state index in [4.69, 9.17) is 10.5 Å². The highest BCUT2D eigenvalue weighted by Gasteiger charge is 2.31. The quantitative estimate of drug-likeness (QED) is 0.517. The summed E-state index contributed by atoms with van der Waals surface area (Å²) in [6.45, 7) is -0.199. The molecule has 5 rings (SSSR count). The Kier molecular flexibility index (Phi) is 4.44. The summed E-state index contributed by atoms with van der Waals surface area (Å²) in [5, 5.41) is 8.15. The number of anilines is 1. The van der Waals surface area contributed by atoms with Crippen LogP contribution < -0.4 is 15.8 Å². The Morgan fingerprint density at radius 2 is 2.13 bits per heavy atom. The van der Waals surface area contributed by atoms with Crippen molar-refractivity contribution in [2.45, 2.75) is 12.3 Å².